The molecule has 0 radical (unpaired) electrons. The third kappa shape index (κ3) is 4.97. The number of anilines is 4. The molecular formula is C34H30N4. The summed E-state index contributed by atoms with van der Waals surface area (Å²) in [6.45, 7) is 4.27. The summed E-state index contributed by atoms with van der Waals surface area (Å²) in [6, 6.07) is 37.3. The molecule has 0 amide bonds. The Morgan fingerprint density at radius 2 is 1.21 bits per heavy atom. The third-order valence-corrected chi connectivity index (χ3v) is 6.73. The monoisotopic (exact) mass is 494 g/mol. The van der Waals surface area contributed by atoms with Crippen molar-refractivity contribution in [2.45, 2.75) is 13.8 Å². The summed E-state index contributed by atoms with van der Waals surface area (Å²) < 4.78 is 0. The lowest BCUT2D eigenvalue weighted by atomic mass is 9.94. The van der Waals surface area contributed by atoms with Crippen molar-refractivity contribution in [1.29, 1.82) is 10.8 Å². The molecule has 0 bridgehead atoms. The molecule has 0 aromatic heterocycles. The molecule has 0 spiro atoms. The van der Waals surface area contributed by atoms with Crippen molar-refractivity contribution in [3.63, 3.8) is 0 Å². The van der Waals surface area contributed by atoms with Gasteiger partial charge in [0.1, 0.15) is 0 Å². The molecule has 186 valence electrons. The van der Waals surface area contributed by atoms with Crippen LogP contribution in [-0.2, 0) is 0 Å². The number of aryl methyl sites for hydroxylation is 2. The molecule has 1 aliphatic rings. The summed E-state index contributed by atoms with van der Waals surface area (Å²) >= 11 is 0. The van der Waals surface area contributed by atoms with Crippen molar-refractivity contribution >= 4 is 51.0 Å². The van der Waals surface area contributed by atoms with E-state index in [1.165, 1.54) is 27.6 Å². The molecular weight excluding hydrogens is 464 g/mol. The van der Waals surface area contributed by atoms with E-state index in [-0.39, 0.29) is 5.71 Å². The fourth-order valence-corrected chi connectivity index (χ4v) is 4.64. The van der Waals surface area contributed by atoms with E-state index < -0.39 is 0 Å². The minimum absolute atomic E-state index is 0.286. The van der Waals surface area contributed by atoms with Gasteiger partial charge >= 0.3 is 0 Å². The maximum atomic E-state index is 7.60. The number of nitrogens with zero attached hydrogens (tertiary/aromatic N) is 1. The molecule has 38 heavy (non-hydrogen) atoms. The summed E-state index contributed by atoms with van der Waals surface area (Å²) in [5, 5.41) is 17.5. The molecule has 5 aromatic rings. The summed E-state index contributed by atoms with van der Waals surface area (Å²) in [4.78, 5) is 2.29. The van der Waals surface area contributed by atoms with Gasteiger partial charge in [-0.2, -0.15) is 0 Å². The van der Waals surface area contributed by atoms with Gasteiger partial charge in [-0.25, -0.2) is 0 Å². The zero-order valence-corrected chi connectivity index (χ0v) is 21.6. The van der Waals surface area contributed by atoms with Crippen LogP contribution >= 0.6 is 0 Å². The second-order valence-corrected chi connectivity index (χ2v) is 9.42. The van der Waals surface area contributed by atoms with Gasteiger partial charge in [-0.1, -0.05) is 78.4 Å². The third-order valence-electron chi connectivity index (χ3n) is 6.73. The SMILES string of the molecule is Cc1ccc(N(c2ccc(N)cc2)c2ccc(C)c3ccccc23)cc1.N=C1C=Cc2ccccc2C1=N. The van der Waals surface area contributed by atoms with Crippen molar-refractivity contribution < 1.29 is 0 Å². The molecule has 0 saturated carbocycles. The standard InChI is InChI=1S/C24H22N2.C10H8N2/c1-17-7-12-20(13-8-17)26(21-14-10-19(25)11-15-21)24-16-9-18(2)22-5-3-4-6-23(22)24;11-9-6-5-7-3-1-2-4-8(7)10(9)12/h3-16H,25H2,1-2H3;1-6,11-12H. The summed E-state index contributed by atoms with van der Waals surface area (Å²) in [5.74, 6) is 0. The van der Waals surface area contributed by atoms with Crippen LogP contribution in [0.1, 0.15) is 22.3 Å². The molecule has 0 fully saturated rings. The smallest absolute Gasteiger partial charge is 0.0867 e. The fourth-order valence-electron chi connectivity index (χ4n) is 4.64. The Balaban J connectivity index is 0.000000204. The maximum Gasteiger partial charge on any atom is 0.0867 e. The molecule has 0 heterocycles. The van der Waals surface area contributed by atoms with Crippen LogP contribution in [0.4, 0.5) is 22.7 Å². The lowest BCUT2D eigenvalue weighted by Crippen LogP contribution is -2.15. The van der Waals surface area contributed by atoms with Crippen molar-refractivity contribution in [1.82, 2.24) is 0 Å². The Morgan fingerprint density at radius 1 is 0.605 bits per heavy atom. The largest absolute Gasteiger partial charge is 0.399 e. The minimum atomic E-state index is 0.286. The first-order chi connectivity index (χ1) is 18.4. The van der Waals surface area contributed by atoms with Crippen LogP contribution in [0.2, 0.25) is 0 Å². The Bertz CT molecular complexity index is 1620. The van der Waals surface area contributed by atoms with Crippen LogP contribution in [0.3, 0.4) is 0 Å². The number of hydrogen-bond acceptors (Lipinski definition) is 4. The molecule has 6 rings (SSSR count). The molecule has 4 N–H and O–H groups in total. The highest BCUT2D eigenvalue weighted by Gasteiger charge is 2.16. The number of rotatable bonds is 3. The van der Waals surface area contributed by atoms with Gasteiger partial charge in [0.05, 0.1) is 17.1 Å². The fraction of sp³-hybridized carbons (Fsp3) is 0.0588. The van der Waals surface area contributed by atoms with Gasteiger partial charge < -0.3 is 10.6 Å². The van der Waals surface area contributed by atoms with Gasteiger partial charge in [-0.15, -0.1) is 0 Å². The van der Waals surface area contributed by atoms with E-state index in [0.717, 1.165) is 28.2 Å². The van der Waals surface area contributed by atoms with Crippen LogP contribution in [0.25, 0.3) is 16.8 Å². The van der Waals surface area contributed by atoms with Crippen molar-refractivity contribution in [2.24, 2.45) is 0 Å². The summed E-state index contributed by atoms with van der Waals surface area (Å²) in [6.07, 6.45) is 3.53. The van der Waals surface area contributed by atoms with Crippen molar-refractivity contribution in [3.8, 4) is 0 Å². The van der Waals surface area contributed by atoms with Gasteiger partial charge in [0.25, 0.3) is 0 Å². The van der Waals surface area contributed by atoms with E-state index in [2.05, 4.69) is 91.5 Å². The average Bonchev–Trinajstić information content (AvgIpc) is 2.95. The number of allylic oxidation sites excluding steroid dienone is 1. The van der Waals surface area contributed by atoms with Gasteiger partial charge in [0, 0.05) is 28.0 Å². The number of nitrogens with two attached hydrogens (primary N) is 1. The zero-order chi connectivity index (χ0) is 26.6. The molecule has 0 saturated heterocycles. The highest BCUT2D eigenvalue weighted by molar-refractivity contribution is 6.52. The highest BCUT2D eigenvalue weighted by atomic mass is 15.1. The van der Waals surface area contributed by atoms with Gasteiger partial charge in [0.15, 0.2) is 0 Å². The summed E-state index contributed by atoms with van der Waals surface area (Å²) in [7, 11) is 0. The molecule has 0 unspecified atom stereocenters. The molecule has 5 aromatic carbocycles. The Kier molecular flexibility index (Phi) is 6.88. The van der Waals surface area contributed by atoms with Gasteiger partial charge in [-0.05, 0) is 78.9 Å². The Labute approximate surface area is 223 Å². The van der Waals surface area contributed by atoms with Crippen LogP contribution in [0.15, 0.2) is 115 Å². The maximum absolute atomic E-state index is 7.60. The Hall–Kier alpha value is -4.96. The van der Waals surface area contributed by atoms with Crippen LogP contribution in [0, 0.1) is 24.7 Å². The first-order valence-corrected chi connectivity index (χ1v) is 12.6. The van der Waals surface area contributed by atoms with E-state index in [1.807, 2.05) is 42.5 Å². The second-order valence-electron chi connectivity index (χ2n) is 9.42. The molecule has 0 aliphatic heterocycles. The Morgan fingerprint density at radius 3 is 1.92 bits per heavy atom. The quantitative estimate of drug-likeness (QED) is 0.220. The molecule has 4 nitrogen and oxygen atoms in total. The van der Waals surface area contributed by atoms with E-state index >= 15 is 0 Å². The molecule has 4 heteroatoms. The average molecular weight is 495 g/mol. The van der Waals surface area contributed by atoms with Crippen LogP contribution in [-0.4, -0.2) is 11.4 Å². The normalized spacial score (nSPS) is 12.1. The van der Waals surface area contributed by atoms with E-state index in [4.69, 9.17) is 16.6 Å². The van der Waals surface area contributed by atoms with Gasteiger partial charge in [0.2, 0.25) is 0 Å². The van der Waals surface area contributed by atoms with Crippen molar-refractivity contribution in [3.05, 3.63) is 138 Å². The van der Waals surface area contributed by atoms with E-state index in [1.54, 1.807) is 6.08 Å². The zero-order valence-electron chi connectivity index (χ0n) is 21.6. The number of fused-ring (bicyclic) bond motifs is 2. The first kappa shape index (κ1) is 24.7. The number of hydrogen-bond donors (Lipinski definition) is 3. The topological polar surface area (TPSA) is 77.0 Å². The van der Waals surface area contributed by atoms with E-state index in [9.17, 15) is 0 Å². The predicted octanol–water partition coefficient (Wildman–Crippen LogP) is 8.61. The predicted molar refractivity (Wildman–Crippen MR) is 163 cm³/mol. The molecule has 0 atom stereocenters. The van der Waals surface area contributed by atoms with Crippen LogP contribution < -0.4 is 10.6 Å². The second kappa shape index (κ2) is 10.6. The van der Waals surface area contributed by atoms with Crippen molar-refractivity contribution in [2.75, 3.05) is 10.6 Å². The number of nitrogen functional groups attached to an aromatic ring is 1. The van der Waals surface area contributed by atoms with Gasteiger partial charge in [-0.3, -0.25) is 10.8 Å². The lowest BCUT2D eigenvalue weighted by molar-refractivity contribution is 1.28. The molecule has 1 aliphatic carbocycles. The van der Waals surface area contributed by atoms with E-state index in [0.29, 0.717) is 5.71 Å². The number of benzene rings is 5. The van der Waals surface area contributed by atoms with Crippen LogP contribution in [0.5, 0.6) is 0 Å². The summed E-state index contributed by atoms with van der Waals surface area (Å²) in [5.41, 5.74) is 15.1. The lowest BCUT2D eigenvalue weighted by Gasteiger charge is -2.27. The number of nitrogens with one attached hydrogen (secondary N) is 2. The minimum Gasteiger partial charge on any atom is -0.399 e. The highest BCUT2D eigenvalue weighted by Crippen LogP contribution is 2.39. The first-order valence-electron chi connectivity index (χ1n) is 12.6.